The second kappa shape index (κ2) is 13.7. The largest absolute Gasteiger partial charge is 0.382 e. The van der Waals surface area contributed by atoms with Crippen LogP contribution in [-0.2, 0) is 17.7 Å². The number of aryl methyl sites for hydroxylation is 1. The topological polar surface area (TPSA) is 76.4 Å². The van der Waals surface area contributed by atoms with Crippen molar-refractivity contribution in [3.8, 4) is 0 Å². The van der Waals surface area contributed by atoms with E-state index in [0.29, 0.717) is 0 Å². The van der Waals surface area contributed by atoms with Gasteiger partial charge in [0.25, 0.3) is 0 Å². The molecule has 8 heteroatoms. The summed E-state index contributed by atoms with van der Waals surface area (Å²) in [6.45, 7) is 8.25. The third kappa shape index (κ3) is 8.52. The number of aromatic nitrogens is 3. The van der Waals surface area contributed by atoms with Crippen LogP contribution in [0.5, 0.6) is 0 Å². The van der Waals surface area contributed by atoms with Crippen molar-refractivity contribution in [2.24, 2.45) is 4.99 Å². The monoisotopic (exact) mass is 424 g/mol. The highest BCUT2D eigenvalue weighted by Gasteiger charge is 2.01. The van der Waals surface area contributed by atoms with E-state index in [9.17, 15) is 0 Å². The van der Waals surface area contributed by atoms with Gasteiger partial charge in [-0.15, -0.1) is 34.2 Å². The first-order valence-corrected chi connectivity index (χ1v) is 7.70. The number of hydrogen-bond donors (Lipinski definition) is 2. The summed E-state index contributed by atoms with van der Waals surface area (Å²) in [7, 11) is 1.78. The van der Waals surface area contributed by atoms with E-state index in [4.69, 9.17) is 4.74 Å². The molecule has 0 aliphatic rings. The predicted molar refractivity (Wildman–Crippen MR) is 99.9 cm³/mol. The highest BCUT2D eigenvalue weighted by Crippen LogP contribution is 1.94. The first-order valence-electron chi connectivity index (χ1n) is 7.70. The van der Waals surface area contributed by atoms with Crippen molar-refractivity contribution in [1.82, 2.24) is 25.4 Å². The molecule has 0 unspecified atom stereocenters. The molecule has 0 aliphatic heterocycles. The molecule has 0 aliphatic carbocycles. The Kier molecular flexibility index (Phi) is 13.2. The Morgan fingerprint density at radius 3 is 2.73 bits per heavy atom. The summed E-state index contributed by atoms with van der Waals surface area (Å²) < 4.78 is 7.36. The van der Waals surface area contributed by atoms with Crippen LogP contribution in [-0.4, -0.2) is 54.1 Å². The Morgan fingerprint density at radius 1 is 1.27 bits per heavy atom. The molecule has 1 aromatic rings. The number of ether oxygens (including phenoxy) is 1. The third-order valence-electron chi connectivity index (χ3n) is 3.09. The molecule has 0 radical (unpaired) electrons. The number of guanidine groups is 1. The molecule has 1 rings (SSSR count). The van der Waals surface area contributed by atoms with E-state index < -0.39 is 0 Å². The number of halogens is 1. The third-order valence-corrected chi connectivity index (χ3v) is 3.09. The van der Waals surface area contributed by atoms with Crippen LogP contribution in [0.15, 0.2) is 11.3 Å². The molecule has 0 spiro atoms. The smallest absolute Gasteiger partial charge is 0.191 e. The van der Waals surface area contributed by atoms with Crippen LogP contribution >= 0.6 is 24.0 Å². The molecule has 22 heavy (non-hydrogen) atoms. The number of hydrogen-bond acceptors (Lipinski definition) is 4. The lowest BCUT2D eigenvalue weighted by Crippen LogP contribution is -2.39. The Hall–Kier alpha value is -0.900. The number of rotatable bonds is 10. The van der Waals surface area contributed by atoms with Crippen LogP contribution in [0.4, 0.5) is 0 Å². The highest BCUT2D eigenvalue weighted by molar-refractivity contribution is 14.0. The minimum absolute atomic E-state index is 0. The lowest BCUT2D eigenvalue weighted by atomic mass is 10.3. The second-order valence-corrected chi connectivity index (χ2v) is 4.62. The molecule has 128 valence electrons. The van der Waals surface area contributed by atoms with Crippen molar-refractivity contribution in [1.29, 1.82) is 0 Å². The van der Waals surface area contributed by atoms with Crippen LogP contribution in [0.3, 0.4) is 0 Å². The SMILES string of the molecule is CCOCCCCNC(=NC)NCCn1cnnc1CC.I. The minimum Gasteiger partial charge on any atom is -0.382 e. The van der Waals surface area contributed by atoms with Crippen LogP contribution in [0.25, 0.3) is 0 Å². The zero-order chi connectivity index (χ0) is 15.3. The molecule has 0 saturated carbocycles. The first-order chi connectivity index (χ1) is 10.3. The Morgan fingerprint density at radius 2 is 2.05 bits per heavy atom. The standard InChI is InChI=1S/C14H28N6O.HI/c1-4-13-19-18-12-20(13)10-9-17-14(15-3)16-8-6-7-11-21-5-2;/h12H,4-11H2,1-3H3,(H2,15,16,17);1H. The molecule has 1 aromatic heterocycles. The molecule has 0 saturated heterocycles. The van der Waals surface area contributed by atoms with E-state index >= 15 is 0 Å². The van der Waals surface area contributed by atoms with Gasteiger partial charge in [-0.3, -0.25) is 4.99 Å². The fraction of sp³-hybridized carbons (Fsp3) is 0.786. The van der Waals surface area contributed by atoms with Gasteiger partial charge in [0.1, 0.15) is 12.2 Å². The Bertz CT molecular complexity index is 410. The van der Waals surface area contributed by atoms with Gasteiger partial charge in [0.2, 0.25) is 0 Å². The summed E-state index contributed by atoms with van der Waals surface area (Å²) in [6.07, 6.45) is 4.81. The predicted octanol–water partition coefficient (Wildman–Crippen LogP) is 1.44. The average Bonchev–Trinajstić information content (AvgIpc) is 2.96. The maximum atomic E-state index is 5.31. The van der Waals surface area contributed by atoms with Gasteiger partial charge >= 0.3 is 0 Å². The first kappa shape index (κ1) is 21.1. The lowest BCUT2D eigenvalue weighted by Gasteiger charge is -2.12. The zero-order valence-electron chi connectivity index (χ0n) is 13.8. The van der Waals surface area contributed by atoms with Crippen molar-refractivity contribution >= 4 is 29.9 Å². The van der Waals surface area contributed by atoms with Gasteiger partial charge in [0.15, 0.2) is 5.96 Å². The van der Waals surface area contributed by atoms with Gasteiger partial charge in [-0.2, -0.15) is 0 Å². The van der Waals surface area contributed by atoms with Crippen LogP contribution in [0, 0.1) is 0 Å². The molecular weight excluding hydrogens is 395 g/mol. The summed E-state index contributed by atoms with van der Waals surface area (Å²) in [4.78, 5) is 4.21. The normalized spacial score (nSPS) is 11.1. The second-order valence-electron chi connectivity index (χ2n) is 4.62. The van der Waals surface area contributed by atoms with Crippen molar-refractivity contribution in [2.45, 2.75) is 39.7 Å². The fourth-order valence-corrected chi connectivity index (χ4v) is 1.94. The van der Waals surface area contributed by atoms with Crippen molar-refractivity contribution in [3.05, 3.63) is 12.2 Å². The molecule has 0 aromatic carbocycles. The number of unbranched alkanes of at least 4 members (excludes halogenated alkanes) is 1. The van der Waals surface area contributed by atoms with E-state index in [1.807, 2.05) is 6.92 Å². The minimum atomic E-state index is 0. The highest BCUT2D eigenvalue weighted by atomic mass is 127. The van der Waals surface area contributed by atoms with Crippen LogP contribution in [0.1, 0.15) is 32.5 Å². The summed E-state index contributed by atoms with van der Waals surface area (Å²) in [5.74, 6) is 1.84. The molecule has 7 nitrogen and oxygen atoms in total. The van der Waals surface area contributed by atoms with Gasteiger partial charge in [-0.25, -0.2) is 0 Å². The molecule has 0 fully saturated rings. The maximum absolute atomic E-state index is 5.31. The quantitative estimate of drug-likeness (QED) is 0.257. The molecule has 0 amide bonds. The van der Waals surface area contributed by atoms with Crippen molar-refractivity contribution in [2.75, 3.05) is 33.4 Å². The summed E-state index contributed by atoms with van der Waals surface area (Å²) in [5.41, 5.74) is 0. The molecule has 0 bridgehead atoms. The van der Waals surface area contributed by atoms with E-state index in [1.54, 1.807) is 13.4 Å². The lowest BCUT2D eigenvalue weighted by molar-refractivity contribution is 0.143. The van der Waals surface area contributed by atoms with E-state index in [1.165, 1.54) is 0 Å². The number of nitrogens with zero attached hydrogens (tertiary/aromatic N) is 4. The van der Waals surface area contributed by atoms with E-state index in [-0.39, 0.29) is 24.0 Å². The van der Waals surface area contributed by atoms with Gasteiger partial charge in [0.05, 0.1) is 0 Å². The van der Waals surface area contributed by atoms with Gasteiger partial charge in [0, 0.05) is 46.3 Å². The molecular formula is C14H29IN6O. The van der Waals surface area contributed by atoms with Crippen LogP contribution < -0.4 is 10.6 Å². The molecule has 2 N–H and O–H groups in total. The average molecular weight is 424 g/mol. The van der Waals surface area contributed by atoms with Crippen molar-refractivity contribution in [3.63, 3.8) is 0 Å². The van der Waals surface area contributed by atoms with Gasteiger partial charge in [-0.1, -0.05) is 6.92 Å². The van der Waals surface area contributed by atoms with Crippen molar-refractivity contribution < 1.29 is 4.74 Å². The zero-order valence-corrected chi connectivity index (χ0v) is 16.2. The van der Waals surface area contributed by atoms with Gasteiger partial charge < -0.3 is 19.9 Å². The van der Waals surface area contributed by atoms with E-state index in [2.05, 4.69) is 37.3 Å². The number of aliphatic imine (C=N–C) groups is 1. The summed E-state index contributed by atoms with van der Waals surface area (Å²) in [6, 6.07) is 0. The maximum Gasteiger partial charge on any atom is 0.191 e. The van der Waals surface area contributed by atoms with Gasteiger partial charge in [-0.05, 0) is 19.8 Å². The molecule has 1 heterocycles. The Balaban J connectivity index is 0.00000441. The van der Waals surface area contributed by atoms with Crippen LogP contribution in [0.2, 0.25) is 0 Å². The summed E-state index contributed by atoms with van der Waals surface area (Å²) in [5, 5.41) is 14.6. The summed E-state index contributed by atoms with van der Waals surface area (Å²) >= 11 is 0. The molecule has 0 atom stereocenters. The number of nitrogens with one attached hydrogen (secondary N) is 2. The Labute approximate surface area is 150 Å². The van der Waals surface area contributed by atoms with E-state index in [0.717, 1.165) is 63.9 Å². The fourth-order valence-electron chi connectivity index (χ4n) is 1.94.